The van der Waals surface area contributed by atoms with Crippen LogP contribution in [0.15, 0.2) is 70.6 Å². The van der Waals surface area contributed by atoms with E-state index in [-0.39, 0.29) is 22.5 Å². The topological polar surface area (TPSA) is 108 Å². The van der Waals surface area contributed by atoms with E-state index in [9.17, 15) is 17.6 Å². The summed E-state index contributed by atoms with van der Waals surface area (Å²) >= 11 is 0. The van der Waals surface area contributed by atoms with Crippen molar-refractivity contribution >= 4 is 33.0 Å². The molecule has 0 aliphatic carbocycles. The van der Waals surface area contributed by atoms with Crippen LogP contribution in [0.25, 0.3) is 22.2 Å². The number of amides is 1. The summed E-state index contributed by atoms with van der Waals surface area (Å²) in [5.41, 5.74) is 3.03. The number of hydrogen-bond acceptors (Lipinski definition) is 6. The van der Waals surface area contributed by atoms with Gasteiger partial charge in [0, 0.05) is 61.4 Å². The molecule has 9 nitrogen and oxygen atoms in total. The Kier molecular flexibility index (Phi) is 8.30. The Labute approximate surface area is 238 Å². The molecule has 2 heterocycles. The highest BCUT2D eigenvalue weighted by Crippen LogP contribution is 2.29. The highest BCUT2D eigenvalue weighted by molar-refractivity contribution is 7.89. The van der Waals surface area contributed by atoms with Crippen LogP contribution in [-0.4, -0.2) is 74.2 Å². The minimum absolute atomic E-state index is 0.0654. The first kappa shape index (κ1) is 28.6. The molecule has 5 rings (SSSR count). The van der Waals surface area contributed by atoms with Crippen LogP contribution in [-0.2, 0) is 16.6 Å². The van der Waals surface area contributed by atoms with Crippen LogP contribution in [0.4, 0.5) is 4.39 Å². The van der Waals surface area contributed by atoms with Gasteiger partial charge < -0.3 is 4.74 Å². The highest BCUT2D eigenvalue weighted by atomic mass is 32.2. The first-order chi connectivity index (χ1) is 19.7. The predicted octanol–water partition coefficient (Wildman–Crippen LogP) is 4.75. The monoisotopic (exact) mass is 577 g/mol. The van der Waals surface area contributed by atoms with E-state index in [4.69, 9.17) is 4.74 Å². The Hall–Kier alpha value is -3.93. The van der Waals surface area contributed by atoms with Gasteiger partial charge in [-0.05, 0) is 61.9 Å². The van der Waals surface area contributed by atoms with Gasteiger partial charge in [-0.1, -0.05) is 18.2 Å². The van der Waals surface area contributed by atoms with E-state index in [1.807, 2.05) is 0 Å². The molecule has 0 spiro atoms. The summed E-state index contributed by atoms with van der Waals surface area (Å²) in [4.78, 5) is 19.7. The lowest BCUT2D eigenvalue weighted by Gasteiger charge is -2.31. The molecule has 1 aromatic heterocycles. The first-order valence-electron chi connectivity index (χ1n) is 13.3. The number of benzene rings is 3. The summed E-state index contributed by atoms with van der Waals surface area (Å²) in [6.07, 6.45) is 3.52. The van der Waals surface area contributed by atoms with Crippen molar-refractivity contribution in [1.29, 1.82) is 0 Å². The summed E-state index contributed by atoms with van der Waals surface area (Å²) in [6, 6.07) is 16.5. The van der Waals surface area contributed by atoms with E-state index < -0.39 is 10.0 Å². The number of aromatic nitrogens is 2. The molecule has 1 unspecified atom stereocenters. The number of carbonyl (C=O) groups is 1. The molecule has 1 aliphatic heterocycles. The van der Waals surface area contributed by atoms with Gasteiger partial charge in [0.2, 0.25) is 10.0 Å². The van der Waals surface area contributed by atoms with Crippen LogP contribution in [0.3, 0.4) is 0 Å². The zero-order valence-electron chi connectivity index (χ0n) is 23.2. The minimum Gasteiger partial charge on any atom is -0.496 e. The van der Waals surface area contributed by atoms with Gasteiger partial charge in [0.05, 0.1) is 23.2 Å². The molecular formula is C30H32FN5O4S. The van der Waals surface area contributed by atoms with E-state index in [0.29, 0.717) is 35.7 Å². The number of fused-ring (bicyclic) bond motifs is 1. The summed E-state index contributed by atoms with van der Waals surface area (Å²) in [7, 11) is 0.962. The SMILES string of the molecule is COc1cccc(F)c1CN1CCCC(C=NC(=O)c2ccc3[nH]nc(-c4ccc(S(=O)(=O)N(C)C)cc4)c3c2)C1. The number of hydrogen-bond donors (Lipinski definition) is 1. The van der Waals surface area contributed by atoms with Gasteiger partial charge in [-0.2, -0.15) is 5.10 Å². The molecular weight excluding hydrogens is 545 g/mol. The van der Waals surface area contributed by atoms with Crippen molar-refractivity contribution in [3.05, 3.63) is 77.6 Å². The van der Waals surface area contributed by atoms with Gasteiger partial charge in [-0.15, -0.1) is 0 Å². The molecule has 1 aliphatic rings. The van der Waals surface area contributed by atoms with Crippen molar-refractivity contribution in [3.8, 4) is 17.0 Å². The molecule has 1 fully saturated rings. The number of nitrogens with one attached hydrogen (secondary N) is 1. The van der Waals surface area contributed by atoms with Gasteiger partial charge in [-0.25, -0.2) is 22.1 Å². The number of ether oxygens (including phenoxy) is 1. The number of aliphatic imine (C=N–C) groups is 1. The number of aromatic amines is 1. The van der Waals surface area contributed by atoms with Crippen molar-refractivity contribution in [3.63, 3.8) is 0 Å². The molecule has 1 amide bonds. The molecule has 1 saturated heterocycles. The maximum absolute atomic E-state index is 14.4. The van der Waals surface area contributed by atoms with Crippen molar-refractivity contribution in [2.75, 3.05) is 34.3 Å². The van der Waals surface area contributed by atoms with Crippen molar-refractivity contribution in [2.24, 2.45) is 10.9 Å². The number of sulfonamides is 1. The minimum atomic E-state index is -3.54. The summed E-state index contributed by atoms with van der Waals surface area (Å²) in [5.74, 6) is -0.0617. The molecule has 11 heteroatoms. The van der Waals surface area contributed by atoms with Crippen LogP contribution < -0.4 is 4.74 Å². The average Bonchev–Trinajstić information content (AvgIpc) is 3.40. The molecule has 3 aromatic carbocycles. The summed E-state index contributed by atoms with van der Waals surface area (Å²) in [6.45, 7) is 1.92. The second kappa shape index (κ2) is 11.9. The Balaban J connectivity index is 1.30. The highest BCUT2D eigenvalue weighted by Gasteiger charge is 2.22. The molecule has 0 saturated carbocycles. The van der Waals surface area contributed by atoms with Gasteiger partial charge in [0.1, 0.15) is 11.6 Å². The molecule has 1 N–H and O–H groups in total. The van der Waals surface area contributed by atoms with E-state index in [0.717, 1.165) is 40.2 Å². The molecule has 214 valence electrons. The molecule has 4 aromatic rings. The fourth-order valence-corrected chi connectivity index (χ4v) is 5.98. The second-order valence-electron chi connectivity index (χ2n) is 10.3. The van der Waals surface area contributed by atoms with Crippen molar-refractivity contribution < 1.29 is 22.3 Å². The fourth-order valence-electron chi connectivity index (χ4n) is 5.07. The third-order valence-corrected chi connectivity index (χ3v) is 9.17. The predicted molar refractivity (Wildman–Crippen MR) is 156 cm³/mol. The van der Waals surface area contributed by atoms with E-state index >= 15 is 0 Å². The lowest BCUT2D eigenvalue weighted by Crippen LogP contribution is -2.36. The first-order valence-corrected chi connectivity index (χ1v) is 14.7. The van der Waals surface area contributed by atoms with Crippen molar-refractivity contribution in [1.82, 2.24) is 19.4 Å². The van der Waals surface area contributed by atoms with Gasteiger partial charge in [-0.3, -0.25) is 14.8 Å². The Morgan fingerprint density at radius 1 is 1.20 bits per heavy atom. The summed E-state index contributed by atoms with van der Waals surface area (Å²) in [5, 5.41) is 8.10. The fraction of sp³-hybridized carbons (Fsp3) is 0.300. The molecule has 1 atom stereocenters. The number of likely N-dealkylation sites (tertiary alicyclic amines) is 1. The third-order valence-electron chi connectivity index (χ3n) is 7.34. The number of rotatable bonds is 8. The Morgan fingerprint density at radius 2 is 1.98 bits per heavy atom. The molecule has 0 radical (unpaired) electrons. The van der Waals surface area contributed by atoms with Gasteiger partial charge >= 0.3 is 0 Å². The smallest absolute Gasteiger partial charge is 0.276 e. The van der Waals surface area contributed by atoms with Crippen LogP contribution in [0, 0.1) is 11.7 Å². The quantitative estimate of drug-likeness (QED) is 0.303. The maximum Gasteiger partial charge on any atom is 0.276 e. The molecule has 41 heavy (non-hydrogen) atoms. The summed E-state index contributed by atoms with van der Waals surface area (Å²) < 4.78 is 45.8. The standard InChI is InChI=1S/C30H32FN5O4S/c1-35(2)41(38,39)23-12-9-21(10-13-23)29-24-16-22(11-14-27(24)33-34-29)30(37)32-17-20-6-5-15-36(18-20)19-25-26(31)7-4-8-28(25)40-3/h4,7-14,16-17,20H,5-6,15,18-19H2,1-3H3,(H,33,34). The van der Waals surface area contributed by atoms with E-state index in [1.54, 1.807) is 60.8 Å². The lowest BCUT2D eigenvalue weighted by molar-refractivity contribution is 0.100. The van der Waals surface area contributed by atoms with Crippen LogP contribution in [0.5, 0.6) is 5.75 Å². The van der Waals surface area contributed by atoms with Gasteiger partial charge in [0.25, 0.3) is 5.91 Å². The number of carbonyl (C=O) groups excluding carboxylic acids is 1. The Bertz CT molecular complexity index is 1700. The number of methoxy groups -OCH3 is 1. The second-order valence-corrected chi connectivity index (χ2v) is 12.4. The largest absolute Gasteiger partial charge is 0.496 e. The number of piperidine rings is 1. The average molecular weight is 578 g/mol. The lowest BCUT2D eigenvalue weighted by atomic mass is 9.98. The van der Waals surface area contributed by atoms with E-state index in [1.165, 1.54) is 27.3 Å². The normalized spacial score (nSPS) is 16.6. The Morgan fingerprint density at radius 3 is 2.71 bits per heavy atom. The number of H-pyrrole nitrogens is 1. The maximum atomic E-state index is 14.4. The zero-order valence-corrected chi connectivity index (χ0v) is 24.0. The van der Waals surface area contributed by atoms with Gasteiger partial charge in [0.15, 0.2) is 0 Å². The number of halogens is 1. The molecule has 0 bridgehead atoms. The zero-order chi connectivity index (χ0) is 29.1. The van der Waals surface area contributed by atoms with Crippen molar-refractivity contribution in [2.45, 2.75) is 24.3 Å². The van der Waals surface area contributed by atoms with Crippen LogP contribution >= 0.6 is 0 Å². The van der Waals surface area contributed by atoms with Crippen LogP contribution in [0.2, 0.25) is 0 Å². The third kappa shape index (κ3) is 6.07. The van der Waals surface area contributed by atoms with E-state index in [2.05, 4.69) is 20.1 Å². The van der Waals surface area contributed by atoms with Crippen LogP contribution in [0.1, 0.15) is 28.8 Å². The number of nitrogens with zero attached hydrogens (tertiary/aromatic N) is 4.